The molecule has 3 aromatic carbocycles. The van der Waals surface area contributed by atoms with Crippen LogP contribution in [0.3, 0.4) is 0 Å². The topological polar surface area (TPSA) is 88.5 Å². The molecule has 0 atom stereocenters. The van der Waals surface area contributed by atoms with Crippen molar-refractivity contribution < 1.29 is 22.6 Å². The molecule has 1 N–H and O–H groups in total. The number of carbonyl (C=O) groups is 2. The second-order valence-corrected chi connectivity index (χ2v) is 7.01. The van der Waals surface area contributed by atoms with Gasteiger partial charge in [-0.15, -0.1) is 0 Å². The maximum Gasteiger partial charge on any atom is 0.294 e. The summed E-state index contributed by atoms with van der Waals surface area (Å²) < 4.78 is 31.7. The highest BCUT2D eigenvalue weighted by molar-refractivity contribution is 7.85. The summed E-state index contributed by atoms with van der Waals surface area (Å²) in [6, 6.07) is 14.1. The quantitative estimate of drug-likeness (QED) is 0.539. The largest absolute Gasteiger partial charge is 0.294 e. The Morgan fingerprint density at radius 3 is 1.71 bits per heavy atom. The third-order valence-corrected chi connectivity index (χ3v) is 5.00. The minimum absolute atomic E-state index is 0.0158. The Labute approximate surface area is 137 Å². The van der Waals surface area contributed by atoms with Gasteiger partial charge in [-0.2, -0.15) is 8.42 Å². The summed E-state index contributed by atoms with van der Waals surface area (Å²) in [5.74, 6) is -0.775. The number of benzene rings is 3. The smallest absolute Gasteiger partial charge is 0.289 e. The molecule has 1 aliphatic carbocycles. The van der Waals surface area contributed by atoms with Gasteiger partial charge < -0.3 is 0 Å². The van der Waals surface area contributed by atoms with Crippen molar-refractivity contribution in [2.45, 2.75) is 4.90 Å². The fraction of sp³-hybridized carbons (Fsp3) is 0. The van der Waals surface area contributed by atoms with Crippen LogP contribution in [0, 0.1) is 0 Å². The van der Waals surface area contributed by atoms with Gasteiger partial charge in [0, 0.05) is 22.3 Å². The van der Waals surface area contributed by atoms with E-state index in [9.17, 15) is 18.0 Å². The molecule has 4 rings (SSSR count). The first-order valence-corrected chi connectivity index (χ1v) is 8.54. The molecule has 0 saturated carbocycles. The Hall–Kier alpha value is -2.83. The Kier molecular flexibility index (Phi) is 2.97. The molecule has 3 aromatic rings. The van der Waals surface area contributed by atoms with E-state index < -0.39 is 20.8 Å². The van der Waals surface area contributed by atoms with Crippen molar-refractivity contribution in [3.05, 3.63) is 76.9 Å². The minimum Gasteiger partial charge on any atom is -0.289 e. The minimum atomic E-state index is -4.45. The third kappa shape index (κ3) is 2.08. The van der Waals surface area contributed by atoms with Crippen LogP contribution in [0.15, 0.2) is 59.5 Å². The first kappa shape index (κ1) is 14.7. The zero-order valence-electron chi connectivity index (χ0n) is 12.2. The van der Waals surface area contributed by atoms with E-state index in [0.29, 0.717) is 5.56 Å². The second kappa shape index (κ2) is 4.83. The number of rotatable bonds is 1. The molecule has 0 aromatic heterocycles. The Balaban J connectivity index is 2.00. The van der Waals surface area contributed by atoms with Gasteiger partial charge in [0.25, 0.3) is 10.1 Å². The molecule has 0 radical (unpaired) electrons. The van der Waals surface area contributed by atoms with Gasteiger partial charge in [0.2, 0.25) is 0 Å². The lowest BCUT2D eigenvalue weighted by Gasteiger charge is -2.18. The Bertz CT molecular complexity index is 1160. The molecule has 0 fully saturated rings. The molecule has 6 heteroatoms. The van der Waals surface area contributed by atoms with Crippen molar-refractivity contribution in [1.29, 1.82) is 0 Å². The lowest BCUT2D eigenvalue weighted by Crippen LogP contribution is -2.21. The maximum absolute atomic E-state index is 12.7. The van der Waals surface area contributed by atoms with E-state index in [0.717, 1.165) is 22.9 Å². The molecular formula is C18H10O5S. The van der Waals surface area contributed by atoms with Crippen LogP contribution in [0.2, 0.25) is 0 Å². The van der Waals surface area contributed by atoms with Crippen LogP contribution in [0.1, 0.15) is 31.8 Å². The molecule has 0 spiro atoms. The van der Waals surface area contributed by atoms with Crippen molar-refractivity contribution in [1.82, 2.24) is 0 Å². The van der Waals surface area contributed by atoms with E-state index in [1.165, 1.54) is 6.07 Å². The summed E-state index contributed by atoms with van der Waals surface area (Å²) in [4.78, 5) is 25.0. The van der Waals surface area contributed by atoms with Crippen LogP contribution in [-0.2, 0) is 10.1 Å². The SMILES string of the molecule is O=C1c2ccc(S(=O)(=O)O)cc2C(=O)c2cc3ccccc3cc21. The fourth-order valence-corrected chi connectivity index (χ4v) is 3.48. The molecule has 0 aliphatic heterocycles. The Morgan fingerprint density at radius 2 is 1.17 bits per heavy atom. The standard InChI is InChI=1S/C18H10O5S/c19-17-13-6-5-12(24(21,22)23)9-16(13)18(20)15-8-11-4-2-1-3-10(11)7-14(15)17/h1-9H,(H,21,22,23). The third-order valence-electron chi connectivity index (χ3n) is 4.15. The van der Waals surface area contributed by atoms with Gasteiger partial charge >= 0.3 is 0 Å². The molecular weight excluding hydrogens is 328 g/mol. The number of carbonyl (C=O) groups excluding carboxylic acids is 2. The Morgan fingerprint density at radius 1 is 0.667 bits per heavy atom. The predicted molar refractivity (Wildman–Crippen MR) is 87.1 cm³/mol. The van der Waals surface area contributed by atoms with Crippen LogP contribution >= 0.6 is 0 Å². The predicted octanol–water partition coefficient (Wildman–Crippen LogP) is 2.86. The highest BCUT2D eigenvalue weighted by atomic mass is 32.2. The molecule has 5 nitrogen and oxygen atoms in total. The molecule has 0 bridgehead atoms. The lowest BCUT2D eigenvalue weighted by molar-refractivity contribution is 0.0979. The summed E-state index contributed by atoms with van der Waals surface area (Å²) in [6.45, 7) is 0. The number of hydrogen-bond donors (Lipinski definition) is 1. The average Bonchev–Trinajstić information content (AvgIpc) is 2.57. The van der Waals surface area contributed by atoms with Gasteiger partial charge in [-0.1, -0.05) is 24.3 Å². The van der Waals surface area contributed by atoms with E-state index >= 15 is 0 Å². The maximum atomic E-state index is 12.7. The summed E-state index contributed by atoms with van der Waals surface area (Å²) in [5, 5.41) is 1.65. The number of ketones is 2. The van der Waals surface area contributed by atoms with E-state index in [4.69, 9.17) is 4.55 Å². The zero-order chi connectivity index (χ0) is 17.1. The molecule has 24 heavy (non-hydrogen) atoms. The van der Waals surface area contributed by atoms with Gasteiger partial charge in [-0.05, 0) is 41.1 Å². The number of fused-ring (bicyclic) bond motifs is 3. The summed E-state index contributed by atoms with van der Waals surface area (Å²) in [5.41, 5.74) is 0.651. The second-order valence-electron chi connectivity index (χ2n) is 5.59. The number of hydrogen-bond acceptors (Lipinski definition) is 4. The average molecular weight is 338 g/mol. The first-order valence-electron chi connectivity index (χ1n) is 7.10. The zero-order valence-corrected chi connectivity index (χ0v) is 13.0. The van der Waals surface area contributed by atoms with Gasteiger partial charge in [0.15, 0.2) is 11.6 Å². The first-order chi connectivity index (χ1) is 11.4. The summed E-state index contributed by atoms with van der Waals surface area (Å²) in [6.07, 6.45) is 0. The molecule has 118 valence electrons. The lowest BCUT2D eigenvalue weighted by atomic mass is 9.83. The molecule has 0 heterocycles. The van der Waals surface area contributed by atoms with Crippen molar-refractivity contribution in [2.75, 3.05) is 0 Å². The fourth-order valence-electron chi connectivity index (χ4n) is 2.98. The van der Waals surface area contributed by atoms with Gasteiger partial charge in [0.05, 0.1) is 4.90 Å². The van der Waals surface area contributed by atoms with Crippen LogP contribution in [0.5, 0.6) is 0 Å². The molecule has 0 unspecified atom stereocenters. The van der Waals surface area contributed by atoms with Crippen molar-refractivity contribution in [3.63, 3.8) is 0 Å². The van der Waals surface area contributed by atoms with Gasteiger partial charge in [-0.3, -0.25) is 14.1 Å². The van der Waals surface area contributed by atoms with Crippen molar-refractivity contribution in [2.24, 2.45) is 0 Å². The summed E-state index contributed by atoms with van der Waals surface area (Å²) >= 11 is 0. The monoisotopic (exact) mass is 338 g/mol. The molecule has 0 saturated heterocycles. The van der Waals surface area contributed by atoms with Gasteiger partial charge in [0.1, 0.15) is 0 Å². The van der Waals surface area contributed by atoms with Gasteiger partial charge in [-0.25, -0.2) is 0 Å². The van der Waals surface area contributed by atoms with Crippen LogP contribution in [0.25, 0.3) is 10.8 Å². The van der Waals surface area contributed by atoms with E-state index in [1.54, 1.807) is 12.1 Å². The van der Waals surface area contributed by atoms with Crippen molar-refractivity contribution >= 4 is 32.5 Å². The van der Waals surface area contributed by atoms with E-state index in [2.05, 4.69) is 0 Å². The van der Waals surface area contributed by atoms with Crippen LogP contribution < -0.4 is 0 Å². The van der Waals surface area contributed by atoms with E-state index in [-0.39, 0.29) is 22.5 Å². The highest BCUT2D eigenvalue weighted by Gasteiger charge is 2.31. The van der Waals surface area contributed by atoms with Crippen molar-refractivity contribution in [3.8, 4) is 0 Å². The van der Waals surface area contributed by atoms with E-state index in [1.807, 2.05) is 24.3 Å². The molecule has 1 aliphatic rings. The van der Waals surface area contributed by atoms with Crippen LogP contribution in [-0.4, -0.2) is 24.5 Å². The highest BCUT2D eigenvalue weighted by Crippen LogP contribution is 2.31. The van der Waals surface area contributed by atoms with Crippen LogP contribution in [0.4, 0.5) is 0 Å². The summed E-state index contributed by atoms with van der Waals surface area (Å²) in [7, 11) is -4.45. The normalized spacial score (nSPS) is 13.7. The molecule has 0 amide bonds.